The van der Waals surface area contributed by atoms with Gasteiger partial charge in [-0.1, -0.05) is 84.0 Å². The molecule has 1 amide bonds. The van der Waals surface area contributed by atoms with Gasteiger partial charge in [0, 0.05) is 17.7 Å². The first kappa shape index (κ1) is 16.1. The Balaban J connectivity index is 1.70. The third-order valence-corrected chi connectivity index (χ3v) is 4.48. The Labute approximate surface area is 152 Å². The molecule has 4 nitrogen and oxygen atoms in total. The molecule has 1 atom stereocenters. The van der Waals surface area contributed by atoms with Crippen molar-refractivity contribution in [2.45, 2.75) is 12.0 Å². The zero-order chi connectivity index (χ0) is 17.8. The smallest absolute Gasteiger partial charge is 0.276 e. The number of carbonyl (C=O) groups is 1. The van der Waals surface area contributed by atoms with Gasteiger partial charge in [-0.3, -0.25) is 4.79 Å². The summed E-state index contributed by atoms with van der Waals surface area (Å²) < 4.78 is 0. The molecular formula is C22H18N2O2. The molecule has 128 valence electrons. The molecule has 3 aromatic carbocycles. The maximum absolute atomic E-state index is 12.9. The number of nitrogens with zero attached hydrogens (tertiary/aromatic N) is 1. The van der Waals surface area contributed by atoms with Crippen LogP contribution in [-0.2, 0) is 21.7 Å². The number of fused-ring (bicyclic) bond motifs is 1. The van der Waals surface area contributed by atoms with Gasteiger partial charge in [0.2, 0.25) is 5.60 Å². The number of amides is 1. The topological polar surface area (TPSA) is 50.7 Å². The minimum Gasteiger partial charge on any atom is -0.374 e. The van der Waals surface area contributed by atoms with Gasteiger partial charge < -0.3 is 10.2 Å². The van der Waals surface area contributed by atoms with Crippen molar-refractivity contribution in [1.29, 1.82) is 0 Å². The van der Waals surface area contributed by atoms with Gasteiger partial charge in [0.05, 0.1) is 6.21 Å². The van der Waals surface area contributed by atoms with Crippen molar-refractivity contribution in [3.8, 4) is 0 Å². The van der Waals surface area contributed by atoms with Crippen molar-refractivity contribution in [3.63, 3.8) is 0 Å². The van der Waals surface area contributed by atoms with E-state index >= 15 is 0 Å². The normalized spacial score (nSPS) is 18.5. The zero-order valence-corrected chi connectivity index (χ0v) is 14.1. The van der Waals surface area contributed by atoms with Crippen LogP contribution in [-0.4, -0.2) is 12.1 Å². The highest BCUT2D eigenvalue weighted by molar-refractivity contribution is 6.05. The molecule has 3 aromatic rings. The number of nitrogens with one attached hydrogen (secondary N) is 1. The standard InChI is InChI=1S/C22H18N2O2/c25-21-22(15-17-9-3-1-4-10-17,19-13-7-8-14-20(19)24-21)26-23-16-18-11-5-2-6-12-18/h1-14,16H,15H2,(H,24,25)/b23-16+/t22-/m0/s1. The molecule has 1 N–H and O–H groups in total. The second kappa shape index (κ2) is 6.84. The van der Waals surface area contributed by atoms with Crippen LogP contribution in [0.1, 0.15) is 16.7 Å². The average molecular weight is 342 g/mol. The molecule has 0 unspecified atom stereocenters. The number of para-hydroxylation sites is 1. The first-order chi connectivity index (χ1) is 12.8. The van der Waals surface area contributed by atoms with Gasteiger partial charge in [0.15, 0.2) is 0 Å². The lowest BCUT2D eigenvalue weighted by Gasteiger charge is -2.25. The summed E-state index contributed by atoms with van der Waals surface area (Å²) in [4.78, 5) is 18.8. The molecule has 0 spiro atoms. The molecule has 1 aliphatic rings. The first-order valence-electron chi connectivity index (χ1n) is 8.49. The SMILES string of the molecule is O=C1Nc2ccccc2[C@]1(Cc1ccccc1)O/N=C/c1ccccc1. The van der Waals surface area contributed by atoms with Crippen molar-refractivity contribution in [3.05, 3.63) is 102 Å². The van der Waals surface area contributed by atoms with E-state index in [1.807, 2.05) is 84.9 Å². The summed E-state index contributed by atoms with van der Waals surface area (Å²) in [6.07, 6.45) is 2.03. The molecule has 0 radical (unpaired) electrons. The van der Waals surface area contributed by atoms with Gasteiger partial charge in [0.1, 0.15) is 0 Å². The molecule has 0 saturated heterocycles. The molecule has 4 rings (SSSR count). The summed E-state index contributed by atoms with van der Waals surface area (Å²) in [5, 5.41) is 7.07. The number of carbonyl (C=O) groups excluding carboxylic acids is 1. The molecule has 0 fully saturated rings. The largest absolute Gasteiger partial charge is 0.374 e. The first-order valence-corrected chi connectivity index (χ1v) is 8.49. The van der Waals surface area contributed by atoms with E-state index in [0.717, 1.165) is 22.4 Å². The van der Waals surface area contributed by atoms with Crippen LogP contribution in [0.25, 0.3) is 0 Å². The molecule has 4 heteroatoms. The van der Waals surface area contributed by atoms with Gasteiger partial charge in [-0.15, -0.1) is 0 Å². The quantitative estimate of drug-likeness (QED) is 0.560. The third kappa shape index (κ3) is 2.97. The molecule has 1 heterocycles. The van der Waals surface area contributed by atoms with Crippen molar-refractivity contribution in [1.82, 2.24) is 0 Å². The number of rotatable bonds is 5. The van der Waals surface area contributed by atoms with Crippen LogP contribution in [0.4, 0.5) is 5.69 Å². The number of benzene rings is 3. The molecule has 0 bridgehead atoms. The van der Waals surface area contributed by atoms with Gasteiger partial charge >= 0.3 is 0 Å². The lowest BCUT2D eigenvalue weighted by atomic mass is 9.88. The maximum Gasteiger partial charge on any atom is 0.276 e. The Morgan fingerprint density at radius 3 is 2.31 bits per heavy atom. The maximum atomic E-state index is 12.9. The fraction of sp³-hybridized carbons (Fsp3) is 0.0909. The number of oxime groups is 1. The van der Waals surface area contributed by atoms with E-state index in [4.69, 9.17) is 4.84 Å². The summed E-state index contributed by atoms with van der Waals surface area (Å²) in [7, 11) is 0. The minimum atomic E-state index is -1.18. The lowest BCUT2D eigenvalue weighted by molar-refractivity contribution is -0.141. The summed E-state index contributed by atoms with van der Waals surface area (Å²) >= 11 is 0. The molecule has 1 aliphatic heterocycles. The predicted molar refractivity (Wildman–Crippen MR) is 102 cm³/mol. The van der Waals surface area contributed by atoms with Gasteiger partial charge in [0.25, 0.3) is 5.91 Å². The minimum absolute atomic E-state index is 0.201. The van der Waals surface area contributed by atoms with E-state index in [0.29, 0.717) is 6.42 Å². The Morgan fingerprint density at radius 1 is 0.885 bits per heavy atom. The van der Waals surface area contributed by atoms with Crippen LogP contribution >= 0.6 is 0 Å². The Bertz CT molecular complexity index is 939. The fourth-order valence-electron chi connectivity index (χ4n) is 3.19. The van der Waals surface area contributed by atoms with Crippen LogP contribution in [0.2, 0.25) is 0 Å². The summed E-state index contributed by atoms with van der Waals surface area (Å²) in [5.74, 6) is -0.201. The summed E-state index contributed by atoms with van der Waals surface area (Å²) in [6.45, 7) is 0. The zero-order valence-electron chi connectivity index (χ0n) is 14.1. The van der Waals surface area contributed by atoms with E-state index in [9.17, 15) is 4.79 Å². The molecule has 0 saturated carbocycles. The van der Waals surface area contributed by atoms with Gasteiger partial charge in [-0.05, 0) is 17.2 Å². The number of anilines is 1. The predicted octanol–water partition coefficient (Wildman–Crippen LogP) is 4.13. The molecule has 26 heavy (non-hydrogen) atoms. The number of hydrogen-bond donors (Lipinski definition) is 1. The Morgan fingerprint density at radius 2 is 1.54 bits per heavy atom. The van der Waals surface area contributed by atoms with Crippen LogP contribution in [0.15, 0.2) is 90.1 Å². The highest BCUT2D eigenvalue weighted by atomic mass is 16.7. The van der Waals surface area contributed by atoms with Crippen LogP contribution in [0.5, 0.6) is 0 Å². The lowest BCUT2D eigenvalue weighted by Crippen LogP contribution is -2.38. The van der Waals surface area contributed by atoms with Gasteiger partial charge in [-0.25, -0.2) is 0 Å². The van der Waals surface area contributed by atoms with E-state index in [1.165, 1.54) is 0 Å². The van der Waals surface area contributed by atoms with Crippen molar-refractivity contribution >= 4 is 17.8 Å². The average Bonchev–Trinajstić information content (AvgIpc) is 2.95. The van der Waals surface area contributed by atoms with Crippen LogP contribution in [0, 0.1) is 0 Å². The van der Waals surface area contributed by atoms with E-state index in [2.05, 4.69) is 10.5 Å². The molecular weight excluding hydrogens is 324 g/mol. The monoisotopic (exact) mass is 342 g/mol. The van der Waals surface area contributed by atoms with E-state index in [-0.39, 0.29) is 5.91 Å². The fourth-order valence-corrected chi connectivity index (χ4v) is 3.19. The second-order valence-corrected chi connectivity index (χ2v) is 6.23. The highest BCUT2D eigenvalue weighted by Crippen LogP contribution is 2.41. The van der Waals surface area contributed by atoms with Crippen LogP contribution in [0.3, 0.4) is 0 Å². The summed E-state index contributed by atoms with van der Waals surface area (Å²) in [5.41, 5.74) is 2.31. The number of hydrogen-bond acceptors (Lipinski definition) is 3. The summed E-state index contributed by atoms with van der Waals surface area (Å²) in [6, 6.07) is 27.1. The second-order valence-electron chi connectivity index (χ2n) is 6.23. The Kier molecular flexibility index (Phi) is 4.23. The Hall–Kier alpha value is -3.40. The van der Waals surface area contributed by atoms with E-state index < -0.39 is 5.60 Å². The highest BCUT2D eigenvalue weighted by Gasteiger charge is 2.50. The third-order valence-electron chi connectivity index (χ3n) is 4.48. The van der Waals surface area contributed by atoms with Crippen molar-refractivity contribution in [2.24, 2.45) is 5.16 Å². The van der Waals surface area contributed by atoms with Crippen LogP contribution < -0.4 is 5.32 Å². The van der Waals surface area contributed by atoms with E-state index in [1.54, 1.807) is 6.21 Å². The molecule has 0 aromatic heterocycles. The van der Waals surface area contributed by atoms with Crippen molar-refractivity contribution < 1.29 is 9.63 Å². The van der Waals surface area contributed by atoms with Gasteiger partial charge in [-0.2, -0.15) is 0 Å². The molecule has 0 aliphatic carbocycles. The van der Waals surface area contributed by atoms with Crippen molar-refractivity contribution in [2.75, 3.05) is 5.32 Å².